The zero-order valence-corrected chi connectivity index (χ0v) is 10.6. The Hall–Kier alpha value is -1.17. The molecule has 0 radical (unpaired) electrons. The molecule has 2 N–H and O–H groups in total. The molecule has 92 valence electrons. The van der Waals surface area contributed by atoms with Crippen LogP contribution in [0.1, 0.15) is 5.01 Å². The molecular formula is C12H16N2O2S. The molecule has 0 atom stereocenters. The van der Waals surface area contributed by atoms with Crippen LogP contribution >= 0.6 is 11.3 Å². The highest BCUT2D eigenvalue weighted by Crippen LogP contribution is 2.26. The lowest BCUT2D eigenvalue weighted by Crippen LogP contribution is -2.09. The van der Waals surface area contributed by atoms with Gasteiger partial charge in [-0.1, -0.05) is 0 Å². The van der Waals surface area contributed by atoms with Crippen molar-refractivity contribution in [1.82, 2.24) is 4.98 Å². The Morgan fingerprint density at radius 1 is 1.35 bits per heavy atom. The number of fused-ring (bicyclic) bond motifs is 1. The minimum absolute atomic E-state index is 0.567. The molecule has 0 unspecified atom stereocenters. The lowest BCUT2D eigenvalue weighted by Gasteiger charge is -1.98. The molecule has 0 amide bonds. The summed E-state index contributed by atoms with van der Waals surface area (Å²) in [5, 5.41) is 1.09. The number of benzene rings is 1. The third-order valence-electron chi connectivity index (χ3n) is 2.36. The van der Waals surface area contributed by atoms with Crippen LogP contribution in [0.2, 0.25) is 0 Å². The van der Waals surface area contributed by atoms with Crippen LogP contribution in [0.3, 0.4) is 0 Å². The van der Waals surface area contributed by atoms with E-state index in [1.54, 1.807) is 18.4 Å². The second-order valence-electron chi connectivity index (χ2n) is 3.59. The monoisotopic (exact) mass is 252 g/mol. The minimum Gasteiger partial charge on any atom is -0.497 e. The van der Waals surface area contributed by atoms with E-state index in [1.165, 1.54) is 0 Å². The van der Waals surface area contributed by atoms with E-state index in [1.807, 2.05) is 18.2 Å². The van der Waals surface area contributed by atoms with E-state index < -0.39 is 0 Å². The first-order chi connectivity index (χ1) is 8.33. The van der Waals surface area contributed by atoms with Gasteiger partial charge in [0.1, 0.15) is 5.75 Å². The van der Waals surface area contributed by atoms with Gasteiger partial charge in [-0.15, -0.1) is 11.3 Å². The summed E-state index contributed by atoms with van der Waals surface area (Å²) in [5.74, 6) is 0.868. The molecule has 17 heavy (non-hydrogen) atoms. The van der Waals surface area contributed by atoms with Crippen molar-refractivity contribution in [2.75, 3.05) is 26.9 Å². The second kappa shape index (κ2) is 5.95. The van der Waals surface area contributed by atoms with E-state index in [4.69, 9.17) is 15.2 Å². The normalized spacial score (nSPS) is 10.9. The van der Waals surface area contributed by atoms with Gasteiger partial charge in [-0.05, 0) is 18.2 Å². The van der Waals surface area contributed by atoms with Crippen molar-refractivity contribution >= 4 is 21.6 Å². The van der Waals surface area contributed by atoms with Gasteiger partial charge in [-0.3, -0.25) is 0 Å². The number of rotatable bonds is 6. The highest BCUT2D eigenvalue weighted by molar-refractivity contribution is 7.18. The zero-order valence-electron chi connectivity index (χ0n) is 9.81. The summed E-state index contributed by atoms with van der Waals surface area (Å²) in [7, 11) is 1.67. The molecule has 0 saturated carbocycles. The molecule has 1 aromatic carbocycles. The molecule has 0 aliphatic heterocycles. The summed E-state index contributed by atoms with van der Waals surface area (Å²) >= 11 is 1.68. The molecule has 1 heterocycles. The zero-order chi connectivity index (χ0) is 12.1. The molecule has 2 aromatic rings. The summed E-state index contributed by atoms with van der Waals surface area (Å²) in [6.07, 6.45) is 0.835. The third kappa shape index (κ3) is 3.15. The second-order valence-corrected chi connectivity index (χ2v) is 4.71. The number of aromatic nitrogens is 1. The summed E-state index contributed by atoms with van der Waals surface area (Å²) < 4.78 is 11.7. The SMILES string of the molecule is COc1ccc2nc(CCOCCN)sc2c1. The molecule has 2 rings (SSSR count). The maximum Gasteiger partial charge on any atom is 0.120 e. The number of nitrogens with zero attached hydrogens (tertiary/aromatic N) is 1. The van der Waals surface area contributed by atoms with E-state index in [2.05, 4.69) is 4.98 Å². The number of hydrogen-bond donors (Lipinski definition) is 1. The standard InChI is InChI=1S/C12H16N2O2S/c1-15-9-2-3-10-11(8-9)17-12(14-10)4-6-16-7-5-13/h2-3,8H,4-7,13H2,1H3. The fourth-order valence-electron chi connectivity index (χ4n) is 1.53. The van der Waals surface area contributed by atoms with Gasteiger partial charge in [0.15, 0.2) is 0 Å². The molecule has 5 heteroatoms. The predicted octanol–water partition coefficient (Wildman–Crippen LogP) is 1.82. The molecule has 0 aliphatic rings. The van der Waals surface area contributed by atoms with E-state index >= 15 is 0 Å². The summed E-state index contributed by atoms with van der Waals surface area (Å²) in [6, 6.07) is 5.92. The molecule has 0 saturated heterocycles. The predicted molar refractivity (Wildman–Crippen MR) is 69.7 cm³/mol. The lowest BCUT2D eigenvalue weighted by atomic mass is 10.3. The number of ether oxygens (including phenoxy) is 2. The van der Waals surface area contributed by atoms with Crippen LogP contribution in [0.4, 0.5) is 0 Å². The first-order valence-electron chi connectivity index (χ1n) is 5.55. The largest absolute Gasteiger partial charge is 0.497 e. The maximum atomic E-state index is 5.35. The Balaban J connectivity index is 2.04. The van der Waals surface area contributed by atoms with Crippen LogP contribution in [0.15, 0.2) is 18.2 Å². The van der Waals surface area contributed by atoms with Crippen LogP contribution in [0, 0.1) is 0 Å². The van der Waals surface area contributed by atoms with Gasteiger partial charge in [-0.25, -0.2) is 4.98 Å². The molecule has 0 aliphatic carbocycles. The fourth-order valence-corrected chi connectivity index (χ4v) is 2.51. The van der Waals surface area contributed by atoms with Gasteiger partial charge in [0.2, 0.25) is 0 Å². The average Bonchev–Trinajstić information content (AvgIpc) is 2.76. The Kier molecular flexibility index (Phi) is 4.30. The molecule has 0 fully saturated rings. The molecular weight excluding hydrogens is 236 g/mol. The maximum absolute atomic E-state index is 5.35. The van der Waals surface area contributed by atoms with Crippen LogP contribution in [-0.4, -0.2) is 31.9 Å². The van der Waals surface area contributed by atoms with Crippen molar-refractivity contribution in [2.24, 2.45) is 5.73 Å². The first-order valence-corrected chi connectivity index (χ1v) is 6.36. The molecule has 4 nitrogen and oxygen atoms in total. The van der Waals surface area contributed by atoms with Crippen LogP contribution in [0.25, 0.3) is 10.2 Å². The first kappa shape index (κ1) is 12.3. The Morgan fingerprint density at radius 2 is 2.24 bits per heavy atom. The number of hydrogen-bond acceptors (Lipinski definition) is 5. The Labute approximate surface area is 104 Å². The molecule has 1 aromatic heterocycles. The highest BCUT2D eigenvalue weighted by atomic mass is 32.1. The average molecular weight is 252 g/mol. The van der Waals surface area contributed by atoms with E-state index in [-0.39, 0.29) is 0 Å². The van der Waals surface area contributed by atoms with Gasteiger partial charge in [0.05, 0.1) is 35.5 Å². The van der Waals surface area contributed by atoms with Crippen molar-refractivity contribution in [3.63, 3.8) is 0 Å². The number of nitrogens with two attached hydrogens (primary N) is 1. The minimum atomic E-state index is 0.567. The quantitative estimate of drug-likeness (QED) is 0.797. The summed E-state index contributed by atoms with van der Waals surface area (Å²) in [5.41, 5.74) is 6.37. The van der Waals surface area contributed by atoms with Crippen molar-refractivity contribution in [3.05, 3.63) is 23.2 Å². The van der Waals surface area contributed by atoms with Gasteiger partial charge in [0.25, 0.3) is 0 Å². The van der Waals surface area contributed by atoms with Gasteiger partial charge in [0, 0.05) is 13.0 Å². The summed E-state index contributed by atoms with van der Waals surface area (Å²) in [6.45, 7) is 1.85. The number of methoxy groups -OCH3 is 1. The molecule has 0 bridgehead atoms. The van der Waals surface area contributed by atoms with E-state index in [9.17, 15) is 0 Å². The van der Waals surface area contributed by atoms with Gasteiger partial charge in [-0.2, -0.15) is 0 Å². The van der Waals surface area contributed by atoms with Crippen molar-refractivity contribution < 1.29 is 9.47 Å². The Morgan fingerprint density at radius 3 is 3.00 bits per heavy atom. The van der Waals surface area contributed by atoms with E-state index in [0.29, 0.717) is 19.8 Å². The lowest BCUT2D eigenvalue weighted by molar-refractivity contribution is 0.144. The van der Waals surface area contributed by atoms with Crippen LogP contribution < -0.4 is 10.5 Å². The fraction of sp³-hybridized carbons (Fsp3) is 0.417. The van der Waals surface area contributed by atoms with Crippen LogP contribution in [-0.2, 0) is 11.2 Å². The number of thiazole rings is 1. The smallest absolute Gasteiger partial charge is 0.120 e. The molecule has 0 spiro atoms. The summed E-state index contributed by atoms with van der Waals surface area (Å²) in [4.78, 5) is 4.54. The Bertz CT molecular complexity index is 484. The highest BCUT2D eigenvalue weighted by Gasteiger charge is 2.04. The van der Waals surface area contributed by atoms with Crippen molar-refractivity contribution in [1.29, 1.82) is 0 Å². The third-order valence-corrected chi connectivity index (χ3v) is 3.44. The van der Waals surface area contributed by atoms with Gasteiger partial charge >= 0.3 is 0 Å². The van der Waals surface area contributed by atoms with Crippen molar-refractivity contribution in [3.8, 4) is 5.75 Å². The van der Waals surface area contributed by atoms with E-state index in [0.717, 1.165) is 27.4 Å². The van der Waals surface area contributed by atoms with Crippen LogP contribution in [0.5, 0.6) is 5.75 Å². The van der Waals surface area contributed by atoms with Gasteiger partial charge < -0.3 is 15.2 Å². The van der Waals surface area contributed by atoms with Crippen molar-refractivity contribution in [2.45, 2.75) is 6.42 Å². The topological polar surface area (TPSA) is 57.4 Å².